The van der Waals surface area contributed by atoms with Crippen LogP contribution in [0.15, 0.2) is 23.4 Å². The van der Waals surface area contributed by atoms with E-state index in [0.29, 0.717) is 0 Å². The highest BCUT2D eigenvalue weighted by atomic mass is 16.6. The van der Waals surface area contributed by atoms with Crippen molar-refractivity contribution in [1.82, 2.24) is 5.32 Å². The first kappa shape index (κ1) is 6.46. The summed E-state index contributed by atoms with van der Waals surface area (Å²) in [4.78, 5) is 10.7. The number of fused-ring (bicyclic) bond motifs is 1. The molecule has 1 unspecified atom stereocenters. The molecular formula is C8H9NO2. The highest BCUT2D eigenvalue weighted by Gasteiger charge is 2.29. The molecule has 2 aliphatic rings. The zero-order chi connectivity index (χ0) is 7.84. The lowest BCUT2D eigenvalue weighted by Gasteiger charge is -2.12. The van der Waals surface area contributed by atoms with Crippen molar-refractivity contribution < 1.29 is 9.53 Å². The number of amides is 1. The van der Waals surface area contributed by atoms with E-state index in [0.717, 1.165) is 12.1 Å². The Kier molecular flexibility index (Phi) is 1.24. The maximum absolute atomic E-state index is 10.7. The summed E-state index contributed by atoms with van der Waals surface area (Å²) in [6.07, 6.45) is 4.34. The molecule has 0 saturated carbocycles. The normalized spacial score (nSPS) is 28.1. The zero-order valence-corrected chi connectivity index (χ0v) is 6.26. The summed E-state index contributed by atoms with van der Waals surface area (Å²) in [5.41, 5.74) is 2.14. The van der Waals surface area contributed by atoms with Crippen molar-refractivity contribution in [2.45, 2.75) is 19.4 Å². The Bertz CT molecular complexity index is 265. The van der Waals surface area contributed by atoms with E-state index in [1.807, 2.05) is 19.1 Å². The number of rotatable bonds is 0. The fraction of sp³-hybridized carbons (Fsp3) is 0.375. The van der Waals surface area contributed by atoms with Gasteiger partial charge in [-0.1, -0.05) is 11.6 Å². The van der Waals surface area contributed by atoms with Gasteiger partial charge in [-0.25, -0.2) is 4.79 Å². The van der Waals surface area contributed by atoms with Crippen molar-refractivity contribution in [1.29, 1.82) is 0 Å². The summed E-state index contributed by atoms with van der Waals surface area (Å²) >= 11 is 0. The molecule has 1 aliphatic carbocycles. The van der Waals surface area contributed by atoms with Crippen LogP contribution in [0.1, 0.15) is 13.3 Å². The van der Waals surface area contributed by atoms with Gasteiger partial charge in [0.1, 0.15) is 6.10 Å². The Balaban J connectivity index is 2.25. The van der Waals surface area contributed by atoms with Gasteiger partial charge >= 0.3 is 6.09 Å². The van der Waals surface area contributed by atoms with Crippen LogP contribution in [0.3, 0.4) is 0 Å². The maximum atomic E-state index is 10.7. The molecule has 0 aromatic heterocycles. The highest BCUT2D eigenvalue weighted by Crippen LogP contribution is 2.23. The third kappa shape index (κ3) is 1.02. The molecule has 0 bridgehead atoms. The first-order valence-corrected chi connectivity index (χ1v) is 3.61. The minimum absolute atomic E-state index is 0.0486. The summed E-state index contributed by atoms with van der Waals surface area (Å²) in [7, 11) is 0. The average Bonchev–Trinajstić information content (AvgIpc) is 2.27. The fourth-order valence-corrected chi connectivity index (χ4v) is 1.31. The van der Waals surface area contributed by atoms with Crippen molar-refractivity contribution in [2.24, 2.45) is 0 Å². The van der Waals surface area contributed by atoms with Crippen LogP contribution in [0.2, 0.25) is 0 Å². The topological polar surface area (TPSA) is 38.3 Å². The van der Waals surface area contributed by atoms with Gasteiger partial charge < -0.3 is 4.74 Å². The molecule has 1 atom stereocenters. The monoisotopic (exact) mass is 151 g/mol. The van der Waals surface area contributed by atoms with E-state index in [2.05, 4.69) is 5.32 Å². The SMILES string of the molecule is CC1=CC=C2NC(=O)OC2C1. The molecule has 58 valence electrons. The Morgan fingerprint density at radius 2 is 2.45 bits per heavy atom. The first-order valence-electron chi connectivity index (χ1n) is 3.61. The van der Waals surface area contributed by atoms with Crippen molar-refractivity contribution in [2.75, 3.05) is 0 Å². The molecule has 0 aromatic rings. The predicted octanol–water partition coefficient (Wildman–Crippen LogP) is 1.33. The Labute approximate surface area is 64.7 Å². The highest BCUT2D eigenvalue weighted by molar-refractivity contribution is 5.73. The van der Waals surface area contributed by atoms with Crippen molar-refractivity contribution in [3.63, 3.8) is 0 Å². The number of ether oxygens (including phenoxy) is 1. The number of nitrogens with one attached hydrogen (secondary N) is 1. The number of allylic oxidation sites excluding steroid dienone is 2. The second kappa shape index (κ2) is 2.12. The second-order valence-corrected chi connectivity index (χ2v) is 2.86. The second-order valence-electron chi connectivity index (χ2n) is 2.86. The Hall–Kier alpha value is -1.25. The molecule has 1 heterocycles. The summed E-state index contributed by atoms with van der Waals surface area (Å²) in [5, 5.41) is 2.63. The van der Waals surface area contributed by atoms with Crippen LogP contribution in [0.5, 0.6) is 0 Å². The van der Waals surface area contributed by atoms with Gasteiger partial charge in [0.05, 0.1) is 5.70 Å². The molecule has 0 spiro atoms. The summed E-state index contributed by atoms with van der Waals surface area (Å²) in [6, 6.07) is 0. The minimum Gasteiger partial charge on any atom is -0.439 e. The van der Waals surface area contributed by atoms with E-state index in [-0.39, 0.29) is 12.2 Å². The molecule has 1 fully saturated rings. The van der Waals surface area contributed by atoms with Gasteiger partial charge in [0.2, 0.25) is 0 Å². The Morgan fingerprint density at radius 1 is 1.64 bits per heavy atom. The van der Waals surface area contributed by atoms with Crippen LogP contribution in [-0.2, 0) is 4.74 Å². The van der Waals surface area contributed by atoms with Crippen LogP contribution >= 0.6 is 0 Å². The van der Waals surface area contributed by atoms with Gasteiger partial charge in [0.15, 0.2) is 0 Å². The van der Waals surface area contributed by atoms with Crippen LogP contribution in [0, 0.1) is 0 Å². The zero-order valence-electron chi connectivity index (χ0n) is 6.26. The van der Waals surface area contributed by atoms with Gasteiger partial charge in [-0.05, 0) is 13.0 Å². The Morgan fingerprint density at radius 3 is 3.27 bits per heavy atom. The molecule has 2 rings (SSSR count). The average molecular weight is 151 g/mol. The van der Waals surface area contributed by atoms with Crippen molar-refractivity contribution >= 4 is 6.09 Å². The molecule has 3 heteroatoms. The quantitative estimate of drug-likeness (QED) is 0.567. The molecule has 0 aromatic carbocycles. The van der Waals surface area contributed by atoms with E-state index < -0.39 is 0 Å². The molecule has 0 radical (unpaired) electrons. The van der Waals surface area contributed by atoms with Gasteiger partial charge in [-0.2, -0.15) is 0 Å². The van der Waals surface area contributed by atoms with Crippen LogP contribution in [0.25, 0.3) is 0 Å². The third-order valence-corrected chi connectivity index (χ3v) is 1.90. The molecule has 1 saturated heterocycles. The first-order chi connectivity index (χ1) is 5.25. The molecule has 11 heavy (non-hydrogen) atoms. The van der Waals surface area contributed by atoms with Gasteiger partial charge in [0.25, 0.3) is 0 Å². The molecule has 1 aliphatic heterocycles. The van der Waals surface area contributed by atoms with Crippen molar-refractivity contribution in [3.8, 4) is 0 Å². The number of carbonyl (C=O) groups excluding carboxylic acids is 1. The molecule has 3 nitrogen and oxygen atoms in total. The number of carbonyl (C=O) groups is 1. The largest absolute Gasteiger partial charge is 0.439 e. The summed E-state index contributed by atoms with van der Waals surface area (Å²) in [6.45, 7) is 2.03. The van der Waals surface area contributed by atoms with Crippen LogP contribution in [0.4, 0.5) is 4.79 Å². The lowest BCUT2D eigenvalue weighted by molar-refractivity contribution is 0.144. The number of hydrogen-bond donors (Lipinski definition) is 1. The van der Waals surface area contributed by atoms with Gasteiger partial charge in [-0.3, -0.25) is 5.32 Å². The summed E-state index contributed by atoms with van der Waals surface area (Å²) in [5.74, 6) is 0. The molecular weight excluding hydrogens is 142 g/mol. The fourth-order valence-electron chi connectivity index (χ4n) is 1.31. The third-order valence-electron chi connectivity index (χ3n) is 1.90. The molecule has 1 N–H and O–H groups in total. The van der Waals surface area contributed by atoms with Crippen molar-refractivity contribution in [3.05, 3.63) is 23.4 Å². The standard InChI is InChI=1S/C8H9NO2/c1-5-2-3-6-7(4-5)11-8(10)9-6/h2-3,7H,4H2,1H3,(H,9,10). The van der Waals surface area contributed by atoms with E-state index >= 15 is 0 Å². The van der Waals surface area contributed by atoms with E-state index in [9.17, 15) is 4.79 Å². The van der Waals surface area contributed by atoms with E-state index in [1.165, 1.54) is 5.57 Å². The summed E-state index contributed by atoms with van der Waals surface area (Å²) < 4.78 is 4.98. The number of hydrogen-bond acceptors (Lipinski definition) is 2. The lowest BCUT2D eigenvalue weighted by Crippen LogP contribution is -2.14. The lowest BCUT2D eigenvalue weighted by atomic mass is 10.0. The van der Waals surface area contributed by atoms with Gasteiger partial charge in [0, 0.05) is 6.42 Å². The maximum Gasteiger partial charge on any atom is 0.412 e. The minimum atomic E-state index is -0.329. The molecule has 1 amide bonds. The smallest absolute Gasteiger partial charge is 0.412 e. The number of alkyl carbamates (subject to hydrolysis) is 1. The van der Waals surface area contributed by atoms with E-state index in [1.54, 1.807) is 0 Å². The predicted molar refractivity (Wildman–Crippen MR) is 39.9 cm³/mol. The van der Waals surface area contributed by atoms with E-state index in [4.69, 9.17) is 4.74 Å². The van der Waals surface area contributed by atoms with Crippen LogP contribution < -0.4 is 5.32 Å². The van der Waals surface area contributed by atoms with Gasteiger partial charge in [-0.15, -0.1) is 0 Å². The van der Waals surface area contributed by atoms with Crippen LogP contribution in [-0.4, -0.2) is 12.2 Å².